The lowest BCUT2D eigenvalue weighted by Gasteiger charge is -2.28. The maximum atomic E-state index is 13.8. The van der Waals surface area contributed by atoms with Crippen molar-refractivity contribution in [3.05, 3.63) is 40.2 Å². The SMILES string of the molecule is CCN(C)CCn1c2c(c3cc(OC)c(OC)cc3c1=O)CNc1cc3c(cc1-2)OCO3. The van der Waals surface area contributed by atoms with Gasteiger partial charge in [-0.2, -0.15) is 0 Å². The van der Waals surface area contributed by atoms with Crippen LogP contribution >= 0.6 is 0 Å². The highest BCUT2D eigenvalue weighted by Gasteiger charge is 2.28. The summed E-state index contributed by atoms with van der Waals surface area (Å²) in [5, 5.41) is 4.97. The molecular weight excluding hydrogens is 410 g/mol. The third kappa shape index (κ3) is 3.14. The molecule has 2 aromatic carbocycles. The van der Waals surface area contributed by atoms with Crippen molar-refractivity contribution in [3.8, 4) is 34.3 Å². The summed E-state index contributed by atoms with van der Waals surface area (Å²) in [6, 6.07) is 7.60. The van der Waals surface area contributed by atoms with E-state index in [9.17, 15) is 4.79 Å². The van der Waals surface area contributed by atoms with Crippen LogP contribution in [0, 0.1) is 0 Å². The summed E-state index contributed by atoms with van der Waals surface area (Å²) in [4.78, 5) is 16.0. The molecule has 0 radical (unpaired) electrons. The fourth-order valence-electron chi connectivity index (χ4n) is 4.44. The van der Waals surface area contributed by atoms with Crippen LogP contribution in [0.2, 0.25) is 0 Å². The second-order valence-corrected chi connectivity index (χ2v) is 8.04. The molecule has 8 heteroatoms. The second kappa shape index (κ2) is 7.94. The van der Waals surface area contributed by atoms with E-state index in [1.807, 2.05) is 22.8 Å². The number of methoxy groups -OCH3 is 2. The van der Waals surface area contributed by atoms with E-state index in [0.29, 0.717) is 41.5 Å². The van der Waals surface area contributed by atoms with Gasteiger partial charge in [0.15, 0.2) is 23.0 Å². The standard InChI is InChI=1S/C24H27N3O5/c1-5-26(2)6-7-27-23-16-10-21-22(32-13-31-21)11-18(16)25-12-17(23)14-8-19(29-3)20(30-4)9-15(14)24(27)28/h8-11,25H,5-7,12-13H2,1-4H3. The molecule has 0 unspecified atom stereocenters. The Balaban J connectivity index is 1.81. The van der Waals surface area contributed by atoms with Crippen LogP contribution in [0.4, 0.5) is 5.69 Å². The predicted molar refractivity (Wildman–Crippen MR) is 123 cm³/mol. The van der Waals surface area contributed by atoms with Gasteiger partial charge in [0.25, 0.3) is 5.56 Å². The van der Waals surface area contributed by atoms with Crippen molar-refractivity contribution in [1.82, 2.24) is 9.47 Å². The number of aromatic nitrogens is 1. The van der Waals surface area contributed by atoms with Crippen LogP contribution in [0.3, 0.4) is 0 Å². The van der Waals surface area contributed by atoms with Gasteiger partial charge < -0.3 is 33.7 Å². The van der Waals surface area contributed by atoms with E-state index in [1.165, 1.54) is 0 Å². The van der Waals surface area contributed by atoms with E-state index in [2.05, 4.69) is 24.2 Å². The van der Waals surface area contributed by atoms with Gasteiger partial charge in [-0.05, 0) is 37.2 Å². The molecule has 0 spiro atoms. The summed E-state index contributed by atoms with van der Waals surface area (Å²) < 4.78 is 24.1. The number of anilines is 1. The average molecular weight is 437 g/mol. The first-order chi connectivity index (χ1) is 15.5. The molecule has 3 aromatic rings. The van der Waals surface area contributed by atoms with Crippen LogP contribution < -0.4 is 29.8 Å². The Kier molecular flexibility index (Phi) is 5.09. The zero-order valence-electron chi connectivity index (χ0n) is 18.8. The van der Waals surface area contributed by atoms with Crippen molar-refractivity contribution >= 4 is 16.5 Å². The Bertz CT molecular complexity index is 1270. The summed E-state index contributed by atoms with van der Waals surface area (Å²) in [6.45, 7) is 5.13. The molecule has 0 saturated carbocycles. The minimum absolute atomic E-state index is 0.0466. The first-order valence-corrected chi connectivity index (χ1v) is 10.7. The molecule has 0 bridgehead atoms. The van der Waals surface area contributed by atoms with Gasteiger partial charge in [-0.1, -0.05) is 6.92 Å². The molecule has 2 aliphatic heterocycles. The predicted octanol–water partition coefficient (Wildman–Crippen LogP) is 3.29. The van der Waals surface area contributed by atoms with Crippen molar-refractivity contribution in [3.63, 3.8) is 0 Å². The molecule has 8 nitrogen and oxygen atoms in total. The lowest BCUT2D eigenvalue weighted by molar-refractivity contribution is 0.174. The molecule has 2 aliphatic rings. The van der Waals surface area contributed by atoms with Crippen molar-refractivity contribution in [2.24, 2.45) is 0 Å². The molecule has 5 rings (SSSR count). The summed E-state index contributed by atoms with van der Waals surface area (Å²) in [5.41, 5.74) is 3.77. The van der Waals surface area contributed by atoms with E-state index >= 15 is 0 Å². The number of hydrogen-bond donors (Lipinski definition) is 1. The first-order valence-electron chi connectivity index (χ1n) is 10.7. The van der Waals surface area contributed by atoms with Gasteiger partial charge in [-0.25, -0.2) is 0 Å². The molecule has 168 valence electrons. The van der Waals surface area contributed by atoms with E-state index in [-0.39, 0.29) is 12.4 Å². The fraction of sp³-hybridized carbons (Fsp3) is 0.375. The van der Waals surface area contributed by atoms with Crippen molar-refractivity contribution in [2.75, 3.05) is 46.5 Å². The van der Waals surface area contributed by atoms with E-state index in [4.69, 9.17) is 18.9 Å². The minimum atomic E-state index is -0.0466. The number of fused-ring (bicyclic) bond motifs is 6. The molecule has 32 heavy (non-hydrogen) atoms. The molecule has 3 heterocycles. The third-order valence-corrected chi connectivity index (χ3v) is 6.35. The van der Waals surface area contributed by atoms with Gasteiger partial charge in [0.2, 0.25) is 6.79 Å². The second-order valence-electron chi connectivity index (χ2n) is 8.04. The Morgan fingerprint density at radius 1 is 1.06 bits per heavy atom. The van der Waals surface area contributed by atoms with Crippen LogP contribution in [0.15, 0.2) is 29.1 Å². The number of pyridine rings is 1. The molecule has 0 saturated heterocycles. The maximum Gasteiger partial charge on any atom is 0.259 e. The van der Waals surface area contributed by atoms with E-state index in [1.54, 1.807) is 20.3 Å². The number of likely N-dealkylation sites (N-methyl/N-ethyl adjacent to an activating group) is 1. The number of hydrogen-bond acceptors (Lipinski definition) is 7. The highest BCUT2D eigenvalue weighted by molar-refractivity contribution is 5.96. The van der Waals surface area contributed by atoms with E-state index in [0.717, 1.165) is 41.0 Å². The summed E-state index contributed by atoms with van der Waals surface area (Å²) in [7, 11) is 5.24. The Hall–Kier alpha value is -3.39. The fourth-order valence-corrected chi connectivity index (χ4v) is 4.44. The minimum Gasteiger partial charge on any atom is -0.493 e. The van der Waals surface area contributed by atoms with Crippen LogP contribution in [-0.4, -0.2) is 50.6 Å². The number of nitrogens with zero attached hydrogens (tertiary/aromatic N) is 2. The zero-order chi connectivity index (χ0) is 22.4. The Labute approximate surface area is 186 Å². The molecule has 1 N–H and O–H groups in total. The van der Waals surface area contributed by atoms with Crippen LogP contribution in [0.1, 0.15) is 12.5 Å². The largest absolute Gasteiger partial charge is 0.493 e. The lowest BCUT2D eigenvalue weighted by atomic mass is 9.94. The summed E-state index contributed by atoms with van der Waals surface area (Å²) >= 11 is 0. The highest BCUT2D eigenvalue weighted by Crippen LogP contribution is 2.46. The molecule has 0 fully saturated rings. The zero-order valence-corrected chi connectivity index (χ0v) is 18.8. The van der Waals surface area contributed by atoms with Gasteiger partial charge in [0.05, 0.1) is 25.3 Å². The summed E-state index contributed by atoms with van der Waals surface area (Å²) in [6.07, 6.45) is 0. The number of benzene rings is 2. The Morgan fingerprint density at radius 3 is 2.44 bits per heavy atom. The topological polar surface area (TPSA) is 74.2 Å². The monoisotopic (exact) mass is 437 g/mol. The van der Waals surface area contributed by atoms with Crippen LogP contribution in [0.25, 0.3) is 22.0 Å². The van der Waals surface area contributed by atoms with Crippen LogP contribution in [-0.2, 0) is 13.1 Å². The molecule has 0 aliphatic carbocycles. The molecular formula is C24H27N3O5. The van der Waals surface area contributed by atoms with Crippen molar-refractivity contribution < 1.29 is 18.9 Å². The number of rotatable bonds is 6. The average Bonchev–Trinajstić information content (AvgIpc) is 3.28. The quantitative estimate of drug-likeness (QED) is 0.634. The number of ether oxygens (including phenoxy) is 4. The van der Waals surface area contributed by atoms with Crippen molar-refractivity contribution in [1.29, 1.82) is 0 Å². The number of nitrogens with one attached hydrogen (secondary N) is 1. The molecule has 0 atom stereocenters. The van der Waals surface area contributed by atoms with E-state index < -0.39 is 0 Å². The molecule has 1 aromatic heterocycles. The van der Waals surface area contributed by atoms with Crippen molar-refractivity contribution in [2.45, 2.75) is 20.0 Å². The normalized spacial score (nSPS) is 13.7. The lowest BCUT2D eigenvalue weighted by Crippen LogP contribution is -2.31. The van der Waals surface area contributed by atoms with Gasteiger partial charge in [0, 0.05) is 42.5 Å². The molecule has 0 amide bonds. The third-order valence-electron chi connectivity index (χ3n) is 6.35. The van der Waals surface area contributed by atoms with Gasteiger partial charge in [-0.3, -0.25) is 4.79 Å². The van der Waals surface area contributed by atoms with Crippen LogP contribution in [0.5, 0.6) is 23.0 Å². The highest BCUT2D eigenvalue weighted by atomic mass is 16.7. The van der Waals surface area contributed by atoms with Gasteiger partial charge >= 0.3 is 0 Å². The van der Waals surface area contributed by atoms with Gasteiger partial charge in [-0.15, -0.1) is 0 Å². The van der Waals surface area contributed by atoms with Gasteiger partial charge in [0.1, 0.15) is 0 Å². The first kappa shape index (κ1) is 20.5. The maximum absolute atomic E-state index is 13.8. The summed E-state index contributed by atoms with van der Waals surface area (Å²) in [5.74, 6) is 2.55. The Morgan fingerprint density at radius 2 is 1.75 bits per heavy atom. The smallest absolute Gasteiger partial charge is 0.259 e.